The van der Waals surface area contributed by atoms with Crippen LogP contribution in [0.4, 0.5) is 5.69 Å². The zero-order valence-corrected chi connectivity index (χ0v) is 12.4. The van der Waals surface area contributed by atoms with Gasteiger partial charge in [0.25, 0.3) is 10.0 Å². The molecule has 108 valence electrons. The fourth-order valence-electron chi connectivity index (χ4n) is 1.60. The molecule has 0 saturated heterocycles. The average Bonchev–Trinajstić information content (AvgIpc) is 2.85. The summed E-state index contributed by atoms with van der Waals surface area (Å²) in [4.78, 5) is 0.119. The van der Waals surface area contributed by atoms with Gasteiger partial charge in [0.05, 0.1) is 18.4 Å². The van der Waals surface area contributed by atoms with Crippen LogP contribution in [0.3, 0.4) is 0 Å². The molecule has 20 heavy (non-hydrogen) atoms. The molecule has 0 atom stereocenters. The summed E-state index contributed by atoms with van der Waals surface area (Å²) < 4.78 is 28.4. The van der Waals surface area contributed by atoms with E-state index in [9.17, 15) is 8.42 Å². The standard InChI is InChI=1S/C12H15ClN4O2S/c1-14-5-6-17-9-12(8-15-17)20(18,19)16-11-4-2-3-10(13)7-11/h2-4,7-9,14,16H,5-6H2,1H3. The van der Waals surface area contributed by atoms with Crippen LogP contribution in [0.1, 0.15) is 0 Å². The van der Waals surface area contributed by atoms with E-state index in [4.69, 9.17) is 11.6 Å². The highest BCUT2D eigenvalue weighted by Gasteiger charge is 2.16. The number of halogens is 1. The molecular weight excluding hydrogens is 300 g/mol. The number of nitrogens with one attached hydrogen (secondary N) is 2. The van der Waals surface area contributed by atoms with E-state index < -0.39 is 10.0 Å². The molecule has 0 aliphatic rings. The van der Waals surface area contributed by atoms with Crippen LogP contribution < -0.4 is 10.0 Å². The zero-order valence-electron chi connectivity index (χ0n) is 10.9. The fourth-order valence-corrected chi connectivity index (χ4v) is 2.79. The summed E-state index contributed by atoms with van der Waals surface area (Å²) in [5.74, 6) is 0. The first kappa shape index (κ1) is 14.8. The van der Waals surface area contributed by atoms with Crippen molar-refractivity contribution in [2.75, 3.05) is 18.3 Å². The van der Waals surface area contributed by atoms with Crippen molar-refractivity contribution in [3.63, 3.8) is 0 Å². The Morgan fingerprint density at radius 2 is 2.20 bits per heavy atom. The second-order valence-electron chi connectivity index (χ2n) is 4.16. The van der Waals surface area contributed by atoms with E-state index in [1.165, 1.54) is 12.4 Å². The maximum Gasteiger partial charge on any atom is 0.265 e. The molecule has 0 fully saturated rings. The molecule has 0 unspecified atom stereocenters. The normalized spacial score (nSPS) is 11.5. The highest BCUT2D eigenvalue weighted by atomic mass is 35.5. The highest BCUT2D eigenvalue weighted by Crippen LogP contribution is 2.19. The first-order chi connectivity index (χ1) is 9.51. The minimum absolute atomic E-state index is 0.119. The molecule has 0 spiro atoms. The van der Waals surface area contributed by atoms with Crippen molar-refractivity contribution in [2.45, 2.75) is 11.4 Å². The Bertz CT molecular complexity index is 684. The van der Waals surface area contributed by atoms with Crippen molar-refractivity contribution < 1.29 is 8.42 Å². The molecule has 2 rings (SSSR count). The topological polar surface area (TPSA) is 76.0 Å². The molecule has 0 radical (unpaired) electrons. The summed E-state index contributed by atoms with van der Waals surface area (Å²) >= 11 is 5.82. The van der Waals surface area contributed by atoms with Crippen LogP contribution in [-0.4, -0.2) is 31.8 Å². The van der Waals surface area contributed by atoms with Crippen molar-refractivity contribution in [1.29, 1.82) is 0 Å². The number of likely N-dealkylation sites (N-methyl/N-ethyl adjacent to an activating group) is 1. The Labute approximate surface area is 122 Å². The third-order valence-electron chi connectivity index (χ3n) is 2.59. The number of rotatable bonds is 6. The van der Waals surface area contributed by atoms with Crippen LogP contribution in [0.15, 0.2) is 41.6 Å². The Kier molecular flexibility index (Phi) is 4.64. The monoisotopic (exact) mass is 314 g/mol. The molecule has 0 aliphatic carbocycles. The molecule has 1 aromatic heterocycles. The number of hydrogen-bond acceptors (Lipinski definition) is 4. The van der Waals surface area contributed by atoms with Gasteiger partial charge in [0.2, 0.25) is 0 Å². The van der Waals surface area contributed by atoms with E-state index in [-0.39, 0.29) is 4.90 Å². The number of aromatic nitrogens is 2. The molecular formula is C12H15ClN4O2S. The second kappa shape index (κ2) is 6.25. The number of hydrogen-bond donors (Lipinski definition) is 2. The predicted octanol–water partition coefficient (Wildman–Crippen LogP) is 1.56. The minimum atomic E-state index is -3.65. The Morgan fingerprint density at radius 3 is 2.90 bits per heavy atom. The number of anilines is 1. The SMILES string of the molecule is CNCCn1cc(S(=O)(=O)Nc2cccc(Cl)c2)cn1. The first-order valence-electron chi connectivity index (χ1n) is 5.97. The van der Waals surface area contributed by atoms with Crippen LogP contribution in [0.5, 0.6) is 0 Å². The molecule has 1 heterocycles. The maximum absolute atomic E-state index is 12.2. The number of benzene rings is 1. The van der Waals surface area contributed by atoms with Crippen LogP contribution in [0.25, 0.3) is 0 Å². The molecule has 2 N–H and O–H groups in total. The zero-order chi connectivity index (χ0) is 14.6. The third-order valence-corrected chi connectivity index (χ3v) is 4.16. The molecule has 8 heteroatoms. The van der Waals surface area contributed by atoms with Gasteiger partial charge in [-0.15, -0.1) is 0 Å². The van der Waals surface area contributed by atoms with Crippen molar-refractivity contribution in [3.8, 4) is 0 Å². The lowest BCUT2D eigenvalue weighted by Crippen LogP contribution is -2.15. The molecule has 1 aromatic carbocycles. The average molecular weight is 315 g/mol. The second-order valence-corrected chi connectivity index (χ2v) is 6.28. The lowest BCUT2D eigenvalue weighted by atomic mass is 10.3. The van der Waals surface area contributed by atoms with E-state index >= 15 is 0 Å². The molecule has 0 amide bonds. The first-order valence-corrected chi connectivity index (χ1v) is 7.83. The summed E-state index contributed by atoms with van der Waals surface area (Å²) in [6.07, 6.45) is 2.81. The van der Waals surface area contributed by atoms with Crippen molar-refractivity contribution >= 4 is 27.3 Å². The molecule has 0 aliphatic heterocycles. The predicted molar refractivity (Wildman–Crippen MR) is 78.4 cm³/mol. The van der Waals surface area contributed by atoms with Gasteiger partial charge in [0, 0.05) is 17.8 Å². The van der Waals surface area contributed by atoms with Crippen LogP contribution in [0, 0.1) is 0 Å². The summed E-state index contributed by atoms with van der Waals surface area (Å²) in [5, 5.41) is 7.45. The minimum Gasteiger partial charge on any atom is -0.318 e. The van der Waals surface area contributed by atoms with Gasteiger partial charge in [-0.2, -0.15) is 5.10 Å². The van der Waals surface area contributed by atoms with Crippen LogP contribution >= 0.6 is 11.6 Å². The Balaban J connectivity index is 2.16. The molecule has 0 saturated carbocycles. The van der Waals surface area contributed by atoms with Crippen LogP contribution in [0.2, 0.25) is 5.02 Å². The third kappa shape index (κ3) is 3.72. The fraction of sp³-hybridized carbons (Fsp3) is 0.250. The van der Waals surface area contributed by atoms with Crippen LogP contribution in [-0.2, 0) is 16.6 Å². The van der Waals surface area contributed by atoms with Gasteiger partial charge in [0.1, 0.15) is 4.90 Å². The number of sulfonamides is 1. The van der Waals surface area contributed by atoms with Gasteiger partial charge in [-0.3, -0.25) is 9.40 Å². The Hall–Kier alpha value is -1.57. The van der Waals surface area contributed by atoms with E-state index in [0.717, 1.165) is 0 Å². The molecule has 6 nitrogen and oxygen atoms in total. The van der Waals surface area contributed by atoms with Crippen molar-refractivity contribution in [3.05, 3.63) is 41.7 Å². The van der Waals surface area contributed by atoms with E-state index in [1.807, 2.05) is 7.05 Å². The van der Waals surface area contributed by atoms with Crippen molar-refractivity contribution in [1.82, 2.24) is 15.1 Å². The summed E-state index contributed by atoms with van der Waals surface area (Å²) in [7, 11) is -1.83. The maximum atomic E-state index is 12.2. The smallest absolute Gasteiger partial charge is 0.265 e. The van der Waals surface area contributed by atoms with Gasteiger partial charge < -0.3 is 5.32 Å². The molecule has 2 aromatic rings. The van der Waals surface area contributed by atoms with Crippen molar-refractivity contribution in [2.24, 2.45) is 0 Å². The summed E-state index contributed by atoms with van der Waals surface area (Å²) in [6, 6.07) is 6.53. The summed E-state index contributed by atoms with van der Waals surface area (Å²) in [5.41, 5.74) is 0.417. The van der Waals surface area contributed by atoms with E-state index in [2.05, 4.69) is 15.1 Å². The van der Waals surface area contributed by atoms with Gasteiger partial charge in [-0.05, 0) is 25.2 Å². The van der Waals surface area contributed by atoms with Gasteiger partial charge in [-0.1, -0.05) is 17.7 Å². The highest BCUT2D eigenvalue weighted by molar-refractivity contribution is 7.92. The lowest BCUT2D eigenvalue weighted by Gasteiger charge is -2.06. The number of nitrogens with zero attached hydrogens (tertiary/aromatic N) is 2. The van der Waals surface area contributed by atoms with Gasteiger partial charge in [-0.25, -0.2) is 8.42 Å². The van der Waals surface area contributed by atoms with Gasteiger partial charge >= 0.3 is 0 Å². The Morgan fingerprint density at radius 1 is 1.40 bits per heavy atom. The summed E-state index contributed by atoms with van der Waals surface area (Å²) in [6.45, 7) is 1.31. The van der Waals surface area contributed by atoms with E-state index in [0.29, 0.717) is 23.8 Å². The van der Waals surface area contributed by atoms with Gasteiger partial charge in [0.15, 0.2) is 0 Å². The largest absolute Gasteiger partial charge is 0.318 e. The van der Waals surface area contributed by atoms with E-state index in [1.54, 1.807) is 28.9 Å². The quantitative estimate of drug-likeness (QED) is 0.848. The lowest BCUT2D eigenvalue weighted by molar-refractivity contribution is 0.582. The molecule has 0 bridgehead atoms.